The van der Waals surface area contributed by atoms with Gasteiger partial charge in [-0.25, -0.2) is 0 Å². The second-order valence-electron chi connectivity index (χ2n) is 2.44. The molecule has 1 heterocycles. The number of nitrogens with one attached hydrogen (secondary N) is 1. The highest BCUT2D eigenvalue weighted by molar-refractivity contribution is 5.92. The second-order valence-corrected chi connectivity index (χ2v) is 2.44. The third kappa shape index (κ3) is 1.64. The molecule has 0 aliphatic heterocycles. The molecule has 12 heavy (non-hydrogen) atoms. The zero-order chi connectivity index (χ0) is 8.97. The summed E-state index contributed by atoms with van der Waals surface area (Å²) in [6.07, 6.45) is 1.65. The van der Waals surface area contributed by atoms with Crippen LogP contribution in [0.25, 0.3) is 0 Å². The molecule has 1 rings (SSSR count). The fraction of sp³-hybridized carbons (Fsp3) is 0.500. The summed E-state index contributed by atoms with van der Waals surface area (Å²) in [4.78, 5) is 13.2. The van der Waals surface area contributed by atoms with E-state index in [9.17, 15) is 4.79 Å². The molecule has 1 aromatic heterocycles. The van der Waals surface area contributed by atoms with Crippen LogP contribution in [0.1, 0.15) is 24.3 Å². The van der Waals surface area contributed by atoms with Gasteiger partial charge in [0.05, 0.1) is 0 Å². The third-order valence-corrected chi connectivity index (χ3v) is 1.77. The van der Waals surface area contributed by atoms with Crippen LogP contribution in [0.15, 0.2) is 12.3 Å². The molecule has 0 saturated heterocycles. The Morgan fingerprint density at radius 3 is 2.67 bits per heavy atom. The topological polar surface area (TPSA) is 49.0 Å². The van der Waals surface area contributed by atoms with Crippen LogP contribution in [0.5, 0.6) is 0 Å². The van der Waals surface area contributed by atoms with Crippen molar-refractivity contribution in [2.45, 2.75) is 13.8 Å². The summed E-state index contributed by atoms with van der Waals surface area (Å²) in [7, 11) is 0. The Hall–Kier alpha value is -1.32. The normalized spacial score (nSPS) is 9.83. The van der Waals surface area contributed by atoms with E-state index >= 15 is 0 Å². The zero-order valence-corrected chi connectivity index (χ0v) is 7.37. The summed E-state index contributed by atoms with van der Waals surface area (Å²) in [6, 6.07) is 1.68. The van der Waals surface area contributed by atoms with Crippen LogP contribution in [0.2, 0.25) is 0 Å². The number of amides is 1. The summed E-state index contributed by atoms with van der Waals surface area (Å²) in [5.41, 5.74) is 0.485. The van der Waals surface area contributed by atoms with Crippen LogP contribution < -0.4 is 0 Å². The number of nitrogens with zero attached hydrogens (tertiary/aromatic N) is 2. The molecule has 4 nitrogen and oxygen atoms in total. The van der Waals surface area contributed by atoms with Crippen LogP contribution >= 0.6 is 0 Å². The van der Waals surface area contributed by atoms with Gasteiger partial charge in [0.1, 0.15) is 5.69 Å². The van der Waals surface area contributed by atoms with Gasteiger partial charge in [0, 0.05) is 19.3 Å². The van der Waals surface area contributed by atoms with Gasteiger partial charge in [-0.15, -0.1) is 0 Å². The molecule has 0 saturated carbocycles. The summed E-state index contributed by atoms with van der Waals surface area (Å²) < 4.78 is 0. The highest BCUT2D eigenvalue weighted by Gasteiger charge is 2.13. The van der Waals surface area contributed by atoms with Gasteiger partial charge in [0.2, 0.25) is 0 Å². The second kappa shape index (κ2) is 3.90. The molecular weight excluding hydrogens is 154 g/mol. The maximum Gasteiger partial charge on any atom is 0.274 e. The van der Waals surface area contributed by atoms with Crippen molar-refractivity contribution in [3.8, 4) is 0 Å². The molecule has 0 atom stereocenters. The monoisotopic (exact) mass is 167 g/mol. The van der Waals surface area contributed by atoms with Crippen molar-refractivity contribution < 1.29 is 4.79 Å². The molecule has 0 radical (unpaired) electrons. The molecule has 0 fully saturated rings. The van der Waals surface area contributed by atoms with E-state index in [0.29, 0.717) is 5.69 Å². The average Bonchev–Trinajstić information content (AvgIpc) is 2.58. The van der Waals surface area contributed by atoms with Crippen molar-refractivity contribution in [1.29, 1.82) is 0 Å². The van der Waals surface area contributed by atoms with Crippen LogP contribution in [0.4, 0.5) is 0 Å². The largest absolute Gasteiger partial charge is 0.338 e. The number of hydrogen-bond acceptors (Lipinski definition) is 2. The van der Waals surface area contributed by atoms with E-state index in [1.54, 1.807) is 17.2 Å². The Bertz CT molecular complexity index is 239. The number of carbonyl (C=O) groups is 1. The summed E-state index contributed by atoms with van der Waals surface area (Å²) in [5.74, 6) is -0.0127. The number of aromatic nitrogens is 2. The van der Waals surface area contributed by atoms with Crippen molar-refractivity contribution >= 4 is 5.91 Å². The molecule has 4 heteroatoms. The predicted octanol–water partition coefficient (Wildman–Crippen LogP) is 0.892. The molecule has 0 spiro atoms. The fourth-order valence-corrected chi connectivity index (χ4v) is 1.05. The Kier molecular flexibility index (Phi) is 2.85. The average molecular weight is 167 g/mol. The van der Waals surface area contributed by atoms with Crippen molar-refractivity contribution in [1.82, 2.24) is 15.1 Å². The molecule has 0 bridgehead atoms. The predicted molar refractivity (Wildman–Crippen MR) is 45.8 cm³/mol. The van der Waals surface area contributed by atoms with Gasteiger partial charge in [-0.05, 0) is 19.9 Å². The summed E-state index contributed by atoms with van der Waals surface area (Å²) in [5, 5.41) is 6.43. The van der Waals surface area contributed by atoms with Gasteiger partial charge in [0.15, 0.2) is 0 Å². The first-order valence-corrected chi connectivity index (χ1v) is 4.08. The minimum atomic E-state index is -0.0127. The first kappa shape index (κ1) is 8.77. The molecule has 0 aliphatic rings. The maximum atomic E-state index is 11.5. The third-order valence-electron chi connectivity index (χ3n) is 1.77. The SMILES string of the molecule is CCN(CC)C(=O)c1cc[nH]n1. The lowest BCUT2D eigenvalue weighted by Crippen LogP contribution is -2.30. The molecule has 0 unspecified atom stereocenters. The Morgan fingerprint density at radius 1 is 1.58 bits per heavy atom. The highest BCUT2D eigenvalue weighted by atomic mass is 16.2. The van der Waals surface area contributed by atoms with Crippen LogP contribution in [-0.2, 0) is 0 Å². The molecule has 0 aliphatic carbocycles. The van der Waals surface area contributed by atoms with Crippen LogP contribution in [0.3, 0.4) is 0 Å². The van der Waals surface area contributed by atoms with Crippen molar-refractivity contribution in [3.05, 3.63) is 18.0 Å². The summed E-state index contributed by atoms with van der Waals surface area (Å²) in [6.45, 7) is 5.35. The Morgan fingerprint density at radius 2 is 2.25 bits per heavy atom. The molecule has 1 N–H and O–H groups in total. The van der Waals surface area contributed by atoms with E-state index in [0.717, 1.165) is 13.1 Å². The number of aromatic amines is 1. The van der Waals surface area contributed by atoms with Gasteiger partial charge in [-0.1, -0.05) is 0 Å². The fourth-order valence-electron chi connectivity index (χ4n) is 1.05. The van der Waals surface area contributed by atoms with Crippen molar-refractivity contribution in [3.63, 3.8) is 0 Å². The molecule has 1 amide bonds. The van der Waals surface area contributed by atoms with E-state index in [1.165, 1.54) is 0 Å². The lowest BCUT2D eigenvalue weighted by Gasteiger charge is -2.16. The number of H-pyrrole nitrogens is 1. The minimum absolute atomic E-state index is 0.0127. The lowest BCUT2D eigenvalue weighted by atomic mass is 10.3. The molecule has 1 aromatic rings. The van der Waals surface area contributed by atoms with Gasteiger partial charge in [-0.3, -0.25) is 9.89 Å². The van der Waals surface area contributed by atoms with Crippen LogP contribution in [-0.4, -0.2) is 34.1 Å². The minimum Gasteiger partial charge on any atom is -0.338 e. The van der Waals surface area contributed by atoms with Gasteiger partial charge in [0.25, 0.3) is 5.91 Å². The summed E-state index contributed by atoms with van der Waals surface area (Å²) >= 11 is 0. The molecular formula is C8H13N3O. The lowest BCUT2D eigenvalue weighted by molar-refractivity contribution is 0.0767. The number of hydrogen-bond donors (Lipinski definition) is 1. The van der Waals surface area contributed by atoms with E-state index in [1.807, 2.05) is 13.8 Å². The van der Waals surface area contributed by atoms with E-state index < -0.39 is 0 Å². The highest BCUT2D eigenvalue weighted by Crippen LogP contribution is 1.99. The number of carbonyl (C=O) groups excluding carboxylic acids is 1. The first-order chi connectivity index (χ1) is 5.79. The van der Waals surface area contributed by atoms with Gasteiger partial charge < -0.3 is 4.90 Å². The Balaban J connectivity index is 2.70. The smallest absolute Gasteiger partial charge is 0.274 e. The molecule has 66 valence electrons. The van der Waals surface area contributed by atoms with Crippen molar-refractivity contribution in [2.24, 2.45) is 0 Å². The van der Waals surface area contributed by atoms with E-state index in [-0.39, 0.29) is 5.91 Å². The standard InChI is InChI=1S/C8H13N3O/c1-3-11(4-2)8(12)7-5-6-9-10-7/h5-6H,3-4H2,1-2H3,(H,9,10). The quantitative estimate of drug-likeness (QED) is 0.726. The van der Waals surface area contributed by atoms with Gasteiger partial charge >= 0.3 is 0 Å². The number of rotatable bonds is 3. The van der Waals surface area contributed by atoms with E-state index in [4.69, 9.17) is 0 Å². The van der Waals surface area contributed by atoms with Gasteiger partial charge in [-0.2, -0.15) is 5.10 Å². The Labute approximate surface area is 71.6 Å². The maximum absolute atomic E-state index is 11.5. The van der Waals surface area contributed by atoms with Crippen LogP contribution in [0, 0.1) is 0 Å². The van der Waals surface area contributed by atoms with Crippen molar-refractivity contribution in [2.75, 3.05) is 13.1 Å². The molecule has 0 aromatic carbocycles. The van der Waals surface area contributed by atoms with E-state index in [2.05, 4.69) is 10.2 Å². The zero-order valence-electron chi connectivity index (χ0n) is 7.37. The first-order valence-electron chi connectivity index (χ1n) is 4.08.